The monoisotopic (exact) mass is 309 g/mol. The first-order valence-electron chi connectivity index (χ1n) is 7.40. The second-order valence-corrected chi connectivity index (χ2v) is 6.56. The minimum absolute atomic E-state index is 0.00912. The van der Waals surface area contributed by atoms with Crippen LogP contribution in [0.3, 0.4) is 0 Å². The van der Waals surface area contributed by atoms with E-state index in [2.05, 4.69) is 29.4 Å². The molecule has 1 aromatic carbocycles. The van der Waals surface area contributed by atoms with E-state index in [0.29, 0.717) is 23.7 Å². The lowest BCUT2D eigenvalue weighted by atomic mass is 10.1. The summed E-state index contributed by atoms with van der Waals surface area (Å²) in [5, 5.41) is 7.01. The molecule has 0 aromatic heterocycles. The van der Waals surface area contributed by atoms with Crippen molar-refractivity contribution in [3.05, 3.63) is 28.3 Å². The smallest absolute Gasteiger partial charge is 0.238 e. The number of anilines is 1. The first kappa shape index (κ1) is 16.3. The van der Waals surface area contributed by atoms with E-state index in [1.165, 1.54) is 0 Å². The van der Waals surface area contributed by atoms with Crippen molar-refractivity contribution in [2.45, 2.75) is 39.8 Å². The Morgan fingerprint density at radius 3 is 2.52 bits per heavy atom. The molecule has 5 heteroatoms. The van der Waals surface area contributed by atoms with Gasteiger partial charge in [0, 0.05) is 25.2 Å². The molecule has 4 nitrogen and oxygen atoms in total. The van der Waals surface area contributed by atoms with Crippen LogP contribution < -0.4 is 10.6 Å². The summed E-state index contributed by atoms with van der Waals surface area (Å²) in [5.74, 6) is -0.00912. The standard InChI is InChI=1S/C16H24ClN3O/c1-10-5-11(2)16(14(17)6-10)19-15(21)9-20-7-12(3)18-13(4)8-20/h5-6,12-13,18H,7-9H2,1-4H3,(H,19,21). The van der Waals surface area contributed by atoms with E-state index in [-0.39, 0.29) is 5.91 Å². The number of rotatable bonds is 3. The van der Waals surface area contributed by atoms with E-state index in [9.17, 15) is 4.79 Å². The van der Waals surface area contributed by atoms with Crippen LogP contribution in [0, 0.1) is 13.8 Å². The van der Waals surface area contributed by atoms with Gasteiger partial charge in [0.25, 0.3) is 0 Å². The fraction of sp³-hybridized carbons (Fsp3) is 0.562. The molecular weight excluding hydrogens is 286 g/mol. The summed E-state index contributed by atoms with van der Waals surface area (Å²) < 4.78 is 0. The highest BCUT2D eigenvalue weighted by molar-refractivity contribution is 6.34. The van der Waals surface area contributed by atoms with E-state index < -0.39 is 0 Å². The molecular formula is C16H24ClN3O. The molecule has 2 rings (SSSR count). The van der Waals surface area contributed by atoms with Crippen molar-refractivity contribution in [2.24, 2.45) is 0 Å². The van der Waals surface area contributed by atoms with Crippen LogP contribution in [0.25, 0.3) is 0 Å². The van der Waals surface area contributed by atoms with Crippen LogP contribution in [0.1, 0.15) is 25.0 Å². The fourth-order valence-electron chi connectivity index (χ4n) is 3.03. The third-order valence-corrected chi connectivity index (χ3v) is 3.99. The number of amides is 1. The van der Waals surface area contributed by atoms with Gasteiger partial charge in [0.05, 0.1) is 17.3 Å². The van der Waals surface area contributed by atoms with Crippen molar-refractivity contribution in [2.75, 3.05) is 25.0 Å². The van der Waals surface area contributed by atoms with Crippen molar-refractivity contribution >= 4 is 23.2 Å². The first-order valence-corrected chi connectivity index (χ1v) is 7.78. The third kappa shape index (κ3) is 4.43. The minimum Gasteiger partial charge on any atom is -0.323 e. The Morgan fingerprint density at radius 1 is 1.33 bits per heavy atom. The number of nitrogens with one attached hydrogen (secondary N) is 2. The number of nitrogens with zero attached hydrogens (tertiary/aromatic N) is 1. The molecule has 116 valence electrons. The van der Waals surface area contributed by atoms with Crippen LogP contribution in [-0.4, -0.2) is 42.5 Å². The molecule has 1 aliphatic heterocycles. The SMILES string of the molecule is Cc1cc(C)c(NC(=O)CN2CC(C)NC(C)C2)c(Cl)c1. The average Bonchev–Trinajstić information content (AvgIpc) is 2.32. The first-order chi connectivity index (χ1) is 9.85. The zero-order chi connectivity index (χ0) is 15.6. The van der Waals surface area contributed by atoms with Crippen LogP contribution >= 0.6 is 11.6 Å². The number of piperazine rings is 1. The third-order valence-electron chi connectivity index (χ3n) is 3.70. The zero-order valence-corrected chi connectivity index (χ0v) is 13.9. The summed E-state index contributed by atoms with van der Waals surface area (Å²) in [6.07, 6.45) is 0. The van der Waals surface area contributed by atoms with Crippen molar-refractivity contribution in [3.8, 4) is 0 Å². The predicted molar refractivity (Wildman–Crippen MR) is 88.1 cm³/mol. The molecule has 0 bridgehead atoms. The number of carbonyl (C=O) groups is 1. The van der Waals surface area contributed by atoms with Gasteiger partial charge in [-0.3, -0.25) is 9.69 Å². The summed E-state index contributed by atoms with van der Waals surface area (Å²) in [5.41, 5.74) is 2.82. The normalized spacial score (nSPS) is 23.1. The summed E-state index contributed by atoms with van der Waals surface area (Å²) >= 11 is 6.23. The summed E-state index contributed by atoms with van der Waals surface area (Å²) in [6.45, 7) is 10.4. The highest BCUT2D eigenvalue weighted by Gasteiger charge is 2.22. The van der Waals surface area contributed by atoms with Crippen molar-refractivity contribution < 1.29 is 4.79 Å². The Bertz CT molecular complexity index is 499. The molecule has 0 radical (unpaired) electrons. The lowest BCUT2D eigenvalue weighted by molar-refractivity contribution is -0.117. The van der Waals surface area contributed by atoms with Crippen LogP contribution in [-0.2, 0) is 4.79 Å². The second kappa shape index (κ2) is 6.77. The van der Waals surface area contributed by atoms with Gasteiger partial charge in [-0.05, 0) is 44.9 Å². The lowest BCUT2D eigenvalue weighted by Gasteiger charge is -2.35. The molecule has 2 N–H and O–H groups in total. The predicted octanol–water partition coefficient (Wildman–Crippen LogP) is 2.58. The quantitative estimate of drug-likeness (QED) is 0.902. The van der Waals surface area contributed by atoms with Gasteiger partial charge in [-0.2, -0.15) is 0 Å². The van der Waals surface area contributed by atoms with Gasteiger partial charge in [-0.15, -0.1) is 0 Å². The summed E-state index contributed by atoms with van der Waals surface area (Å²) in [7, 11) is 0. The highest BCUT2D eigenvalue weighted by atomic mass is 35.5. The molecule has 1 heterocycles. The van der Waals surface area contributed by atoms with Crippen LogP contribution in [0.15, 0.2) is 12.1 Å². The van der Waals surface area contributed by atoms with E-state index in [1.807, 2.05) is 26.0 Å². The largest absolute Gasteiger partial charge is 0.323 e. The van der Waals surface area contributed by atoms with Crippen molar-refractivity contribution in [1.29, 1.82) is 0 Å². The van der Waals surface area contributed by atoms with Gasteiger partial charge in [-0.1, -0.05) is 17.7 Å². The van der Waals surface area contributed by atoms with Gasteiger partial charge in [0.1, 0.15) is 0 Å². The topological polar surface area (TPSA) is 44.4 Å². The summed E-state index contributed by atoms with van der Waals surface area (Å²) in [6, 6.07) is 4.72. The van der Waals surface area contributed by atoms with Crippen LogP contribution in [0.4, 0.5) is 5.69 Å². The van der Waals surface area contributed by atoms with Gasteiger partial charge in [-0.25, -0.2) is 0 Å². The Labute approximate surface area is 131 Å². The number of benzene rings is 1. The highest BCUT2D eigenvalue weighted by Crippen LogP contribution is 2.27. The molecule has 1 fully saturated rings. The van der Waals surface area contributed by atoms with Gasteiger partial charge in [0.2, 0.25) is 5.91 Å². The molecule has 21 heavy (non-hydrogen) atoms. The maximum atomic E-state index is 12.3. The maximum Gasteiger partial charge on any atom is 0.238 e. The van der Waals surface area contributed by atoms with E-state index in [0.717, 1.165) is 29.9 Å². The average molecular weight is 310 g/mol. The fourth-order valence-corrected chi connectivity index (χ4v) is 3.39. The molecule has 1 aromatic rings. The second-order valence-electron chi connectivity index (χ2n) is 6.15. The van der Waals surface area contributed by atoms with Crippen molar-refractivity contribution in [3.63, 3.8) is 0 Å². The number of hydrogen-bond donors (Lipinski definition) is 2. The maximum absolute atomic E-state index is 12.3. The number of carbonyl (C=O) groups excluding carboxylic acids is 1. The zero-order valence-electron chi connectivity index (χ0n) is 13.2. The van der Waals surface area contributed by atoms with Gasteiger partial charge >= 0.3 is 0 Å². The molecule has 1 aliphatic rings. The van der Waals surface area contributed by atoms with E-state index in [1.54, 1.807) is 0 Å². The molecule has 1 saturated heterocycles. The van der Waals surface area contributed by atoms with Gasteiger partial charge in [0.15, 0.2) is 0 Å². The molecule has 2 unspecified atom stereocenters. The van der Waals surface area contributed by atoms with E-state index in [4.69, 9.17) is 11.6 Å². The molecule has 1 amide bonds. The minimum atomic E-state index is -0.00912. The Hall–Kier alpha value is -1.10. The molecule has 0 spiro atoms. The number of halogens is 1. The molecule has 0 saturated carbocycles. The number of hydrogen-bond acceptors (Lipinski definition) is 3. The Kier molecular flexibility index (Phi) is 5.25. The lowest BCUT2D eigenvalue weighted by Crippen LogP contribution is -2.55. The Morgan fingerprint density at radius 2 is 1.95 bits per heavy atom. The number of aryl methyl sites for hydroxylation is 2. The molecule has 2 atom stereocenters. The van der Waals surface area contributed by atoms with E-state index >= 15 is 0 Å². The Balaban J connectivity index is 1.99. The van der Waals surface area contributed by atoms with Crippen molar-refractivity contribution in [1.82, 2.24) is 10.2 Å². The van der Waals surface area contributed by atoms with Crippen LogP contribution in [0.2, 0.25) is 5.02 Å². The van der Waals surface area contributed by atoms with Gasteiger partial charge < -0.3 is 10.6 Å². The molecule has 0 aliphatic carbocycles. The van der Waals surface area contributed by atoms with Crippen LogP contribution in [0.5, 0.6) is 0 Å². The summed E-state index contributed by atoms with van der Waals surface area (Å²) in [4.78, 5) is 14.4.